The molecule has 0 fully saturated rings. The predicted molar refractivity (Wildman–Crippen MR) is 91.8 cm³/mol. The minimum absolute atomic E-state index is 0.00643. The Hall–Kier alpha value is -2.72. The number of rotatable bonds is 2. The smallest absolute Gasteiger partial charge is 0.256 e. The Labute approximate surface area is 146 Å². The molecule has 7 heteroatoms. The van der Waals surface area contributed by atoms with Gasteiger partial charge in [-0.3, -0.25) is 4.79 Å². The molecule has 1 aromatic carbocycles. The van der Waals surface area contributed by atoms with Gasteiger partial charge in [-0.25, -0.2) is 0 Å². The van der Waals surface area contributed by atoms with Gasteiger partial charge in [0.1, 0.15) is 23.1 Å². The van der Waals surface area contributed by atoms with Gasteiger partial charge in [-0.1, -0.05) is 6.07 Å². The van der Waals surface area contributed by atoms with Gasteiger partial charge in [0.2, 0.25) is 5.88 Å². The van der Waals surface area contributed by atoms with E-state index in [1.165, 1.54) is 0 Å². The number of aryl methyl sites for hydroxylation is 1. The zero-order chi connectivity index (χ0) is 17.4. The van der Waals surface area contributed by atoms with Crippen molar-refractivity contribution < 1.29 is 9.47 Å². The van der Waals surface area contributed by atoms with Crippen molar-refractivity contribution in [1.82, 2.24) is 4.98 Å². The van der Waals surface area contributed by atoms with Crippen LogP contribution >= 0.6 is 15.9 Å². The van der Waals surface area contributed by atoms with Crippen molar-refractivity contribution in [1.29, 1.82) is 5.26 Å². The van der Waals surface area contributed by atoms with E-state index in [9.17, 15) is 10.1 Å². The molecule has 0 amide bonds. The first kappa shape index (κ1) is 16.1. The molecule has 0 saturated heterocycles. The van der Waals surface area contributed by atoms with Crippen LogP contribution in [0.3, 0.4) is 0 Å². The van der Waals surface area contributed by atoms with Crippen molar-refractivity contribution in [2.75, 3.05) is 7.11 Å². The maximum atomic E-state index is 12.5. The van der Waals surface area contributed by atoms with Gasteiger partial charge in [-0.2, -0.15) is 5.26 Å². The molecule has 1 aromatic heterocycles. The number of nitrogens with zero attached hydrogens (tertiary/aromatic N) is 1. The first-order valence-corrected chi connectivity index (χ1v) is 7.90. The van der Waals surface area contributed by atoms with Crippen LogP contribution in [0.1, 0.15) is 22.7 Å². The van der Waals surface area contributed by atoms with Crippen LogP contribution < -0.4 is 20.8 Å². The summed E-state index contributed by atoms with van der Waals surface area (Å²) in [7, 11) is 1.57. The lowest BCUT2D eigenvalue weighted by atomic mass is 9.84. The highest BCUT2D eigenvalue weighted by Gasteiger charge is 2.33. The Morgan fingerprint density at radius 2 is 2.17 bits per heavy atom. The fraction of sp³-hybridized carbons (Fsp3) is 0.176. The van der Waals surface area contributed by atoms with Crippen LogP contribution in [0.15, 0.2) is 45.0 Å². The summed E-state index contributed by atoms with van der Waals surface area (Å²) < 4.78 is 11.4. The summed E-state index contributed by atoms with van der Waals surface area (Å²) in [6.45, 7) is 1.75. The van der Waals surface area contributed by atoms with Crippen molar-refractivity contribution in [3.05, 3.63) is 67.4 Å². The van der Waals surface area contributed by atoms with Gasteiger partial charge >= 0.3 is 0 Å². The highest BCUT2D eigenvalue weighted by atomic mass is 79.9. The second-order valence-electron chi connectivity index (χ2n) is 5.38. The molecule has 1 aliphatic rings. The summed E-state index contributed by atoms with van der Waals surface area (Å²) in [5, 5.41) is 9.52. The average molecular weight is 388 g/mol. The third-order valence-electron chi connectivity index (χ3n) is 3.86. The second-order valence-corrected chi connectivity index (χ2v) is 6.23. The van der Waals surface area contributed by atoms with Gasteiger partial charge in [0.05, 0.1) is 23.1 Å². The number of halogens is 1. The first-order valence-electron chi connectivity index (χ1n) is 7.11. The molecule has 0 aliphatic carbocycles. The van der Waals surface area contributed by atoms with Crippen LogP contribution in [0, 0.1) is 18.3 Å². The monoisotopic (exact) mass is 387 g/mol. The Bertz CT molecular complexity index is 957. The molecule has 0 radical (unpaired) electrons. The molecule has 1 atom stereocenters. The van der Waals surface area contributed by atoms with Gasteiger partial charge < -0.3 is 20.2 Å². The van der Waals surface area contributed by atoms with E-state index >= 15 is 0 Å². The first-order chi connectivity index (χ1) is 11.5. The van der Waals surface area contributed by atoms with E-state index in [1.807, 2.05) is 6.07 Å². The number of aromatic amines is 1. The molecule has 6 nitrogen and oxygen atoms in total. The number of H-pyrrole nitrogens is 1. The molecule has 0 saturated carbocycles. The van der Waals surface area contributed by atoms with E-state index in [-0.39, 0.29) is 17.0 Å². The summed E-state index contributed by atoms with van der Waals surface area (Å²) >= 11 is 3.43. The number of benzene rings is 1. The lowest BCUT2D eigenvalue weighted by Crippen LogP contribution is -2.28. The second kappa shape index (κ2) is 6.06. The third-order valence-corrected chi connectivity index (χ3v) is 4.48. The minimum atomic E-state index is -0.606. The summed E-state index contributed by atoms with van der Waals surface area (Å²) in [4.78, 5) is 15.2. The quantitative estimate of drug-likeness (QED) is 0.824. The predicted octanol–water partition coefficient (Wildman–Crippen LogP) is 2.67. The zero-order valence-corrected chi connectivity index (χ0v) is 14.6. The molecule has 0 spiro atoms. The number of allylic oxidation sites excluding steroid dienone is 1. The molecular weight excluding hydrogens is 374 g/mol. The number of ether oxygens (including phenoxy) is 2. The van der Waals surface area contributed by atoms with E-state index in [0.29, 0.717) is 22.8 Å². The molecule has 2 heterocycles. The van der Waals surface area contributed by atoms with Gasteiger partial charge in [0.15, 0.2) is 0 Å². The SMILES string of the molecule is COc1ccc(C2C(C#N)=C(N)Oc3cc(C)[nH]c(=O)c32)cc1Br. The van der Waals surface area contributed by atoms with Crippen LogP contribution in [0.4, 0.5) is 0 Å². The molecule has 3 rings (SSSR count). The van der Waals surface area contributed by atoms with Crippen molar-refractivity contribution in [3.63, 3.8) is 0 Å². The van der Waals surface area contributed by atoms with Gasteiger partial charge in [0.25, 0.3) is 5.56 Å². The summed E-state index contributed by atoms with van der Waals surface area (Å²) in [6.07, 6.45) is 0. The largest absolute Gasteiger partial charge is 0.496 e. The fourth-order valence-electron chi connectivity index (χ4n) is 2.80. The van der Waals surface area contributed by atoms with E-state index < -0.39 is 5.92 Å². The number of hydrogen-bond acceptors (Lipinski definition) is 5. The van der Waals surface area contributed by atoms with Crippen LogP contribution in [0.5, 0.6) is 11.5 Å². The van der Waals surface area contributed by atoms with E-state index in [4.69, 9.17) is 15.2 Å². The number of aromatic nitrogens is 1. The number of methoxy groups -OCH3 is 1. The number of nitrogens with two attached hydrogens (primary N) is 1. The number of nitriles is 1. The van der Waals surface area contributed by atoms with Gasteiger partial charge in [0, 0.05) is 11.8 Å². The van der Waals surface area contributed by atoms with Crippen LogP contribution in [0.2, 0.25) is 0 Å². The Morgan fingerprint density at radius 3 is 2.79 bits per heavy atom. The molecule has 0 bridgehead atoms. The maximum Gasteiger partial charge on any atom is 0.256 e. The van der Waals surface area contributed by atoms with Crippen molar-refractivity contribution in [2.24, 2.45) is 5.73 Å². The van der Waals surface area contributed by atoms with Crippen LogP contribution in [-0.2, 0) is 0 Å². The van der Waals surface area contributed by atoms with Crippen molar-refractivity contribution >= 4 is 15.9 Å². The molecule has 24 heavy (non-hydrogen) atoms. The Balaban J connectivity index is 2.28. The maximum absolute atomic E-state index is 12.5. The highest BCUT2D eigenvalue weighted by molar-refractivity contribution is 9.10. The number of pyridine rings is 1. The standard InChI is InChI=1S/C17H14BrN3O3/c1-8-5-13-15(17(22)21-8)14(10(7-19)16(20)24-13)9-3-4-12(23-2)11(18)6-9/h3-6,14H,20H2,1-2H3,(H,21,22). The summed E-state index contributed by atoms with van der Waals surface area (Å²) in [5.74, 6) is 0.418. The lowest BCUT2D eigenvalue weighted by molar-refractivity contribution is 0.391. The summed E-state index contributed by atoms with van der Waals surface area (Å²) in [5.41, 5.74) is 7.57. The van der Waals surface area contributed by atoms with Crippen molar-refractivity contribution in [2.45, 2.75) is 12.8 Å². The van der Waals surface area contributed by atoms with Crippen LogP contribution in [0.25, 0.3) is 0 Å². The molecular formula is C17H14BrN3O3. The molecule has 3 N–H and O–H groups in total. The number of fused-ring (bicyclic) bond motifs is 1. The van der Waals surface area contributed by atoms with Crippen molar-refractivity contribution in [3.8, 4) is 17.6 Å². The molecule has 122 valence electrons. The molecule has 1 unspecified atom stereocenters. The number of hydrogen-bond donors (Lipinski definition) is 2. The minimum Gasteiger partial charge on any atom is -0.496 e. The normalized spacial score (nSPS) is 16.2. The summed E-state index contributed by atoms with van der Waals surface area (Å²) in [6, 6.07) is 9.13. The average Bonchev–Trinajstić information content (AvgIpc) is 2.53. The topological polar surface area (TPSA) is 101 Å². The fourth-order valence-corrected chi connectivity index (χ4v) is 3.36. The third kappa shape index (κ3) is 2.55. The highest BCUT2D eigenvalue weighted by Crippen LogP contribution is 2.41. The van der Waals surface area contributed by atoms with E-state index in [0.717, 1.165) is 10.0 Å². The Kier molecular flexibility index (Phi) is 4.08. The zero-order valence-electron chi connectivity index (χ0n) is 13.0. The van der Waals surface area contributed by atoms with Crippen LogP contribution in [-0.4, -0.2) is 12.1 Å². The molecule has 2 aromatic rings. The molecule has 1 aliphatic heterocycles. The lowest BCUT2D eigenvalue weighted by Gasteiger charge is -2.26. The number of nitrogens with one attached hydrogen (secondary N) is 1. The van der Waals surface area contributed by atoms with E-state index in [1.54, 1.807) is 32.2 Å². The van der Waals surface area contributed by atoms with E-state index in [2.05, 4.69) is 27.0 Å². The Morgan fingerprint density at radius 1 is 1.42 bits per heavy atom. The van der Waals surface area contributed by atoms with Gasteiger partial charge in [-0.15, -0.1) is 0 Å². The van der Waals surface area contributed by atoms with Gasteiger partial charge in [-0.05, 0) is 40.5 Å².